The lowest BCUT2D eigenvalue weighted by Gasteiger charge is -2.07. The number of phenols is 1. The molecule has 0 amide bonds. The molecule has 0 aliphatic carbocycles. The van der Waals surface area contributed by atoms with Gasteiger partial charge in [-0.2, -0.15) is 0 Å². The molecule has 4 nitrogen and oxygen atoms in total. The monoisotopic (exact) mass is 285 g/mol. The molecule has 0 bridgehead atoms. The summed E-state index contributed by atoms with van der Waals surface area (Å²) in [6.45, 7) is 0. The normalized spacial score (nSPS) is 10.8. The van der Waals surface area contributed by atoms with E-state index in [1.807, 2.05) is 11.4 Å². The Morgan fingerprint density at radius 2 is 2.10 bits per heavy atom. The quantitative estimate of drug-likeness (QED) is 0.774. The molecule has 0 radical (unpaired) electrons. The van der Waals surface area contributed by atoms with E-state index in [0.717, 1.165) is 21.2 Å². The summed E-state index contributed by atoms with van der Waals surface area (Å²) in [5, 5.41) is 21.7. The third-order valence-electron chi connectivity index (χ3n) is 3.02. The van der Waals surface area contributed by atoms with Crippen LogP contribution in [0.15, 0.2) is 42.0 Å². The molecule has 2 aromatic heterocycles. The molecule has 0 unspecified atom stereocenters. The van der Waals surface area contributed by atoms with Gasteiger partial charge in [0.25, 0.3) is 0 Å². The number of hydrogen-bond acceptors (Lipinski definition) is 4. The molecule has 5 heteroatoms. The number of aromatic nitrogens is 1. The molecule has 0 fully saturated rings. The summed E-state index contributed by atoms with van der Waals surface area (Å²) in [7, 11) is 0. The second-order valence-corrected chi connectivity index (χ2v) is 5.43. The van der Waals surface area contributed by atoms with Crippen molar-refractivity contribution < 1.29 is 15.0 Å². The van der Waals surface area contributed by atoms with Crippen molar-refractivity contribution in [1.82, 2.24) is 4.98 Å². The molecule has 20 heavy (non-hydrogen) atoms. The van der Waals surface area contributed by atoms with E-state index in [0.29, 0.717) is 5.56 Å². The van der Waals surface area contributed by atoms with Crippen LogP contribution in [0.2, 0.25) is 0 Å². The Bertz CT molecular complexity index is 795. The van der Waals surface area contributed by atoms with Gasteiger partial charge in [0.1, 0.15) is 5.75 Å². The highest BCUT2D eigenvalue weighted by Gasteiger charge is 2.09. The third kappa shape index (κ3) is 2.35. The Labute approximate surface area is 119 Å². The Morgan fingerprint density at radius 3 is 2.90 bits per heavy atom. The molecule has 100 valence electrons. The summed E-state index contributed by atoms with van der Waals surface area (Å²) >= 11 is 1.60. The predicted octanol–water partition coefficient (Wildman–Crippen LogP) is 3.30. The van der Waals surface area contributed by atoms with Crippen molar-refractivity contribution in [2.45, 2.75) is 6.42 Å². The minimum atomic E-state index is -0.923. The van der Waals surface area contributed by atoms with Crippen LogP contribution in [0.5, 0.6) is 5.75 Å². The van der Waals surface area contributed by atoms with Crippen LogP contribution in [0.1, 0.15) is 5.56 Å². The summed E-state index contributed by atoms with van der Waals surface area (Å²) in [4.78, 5) is 15.0. The zero-order valence-electron chi connectivity index (χ0n) is 10.4. The Kier molecular flexibility index (Phi) is 3.12. The maximum absolute atomic E-state index is 10.8. The van der Waals surface area contributed by atoms with Gasteiger partial charge in [-0.15, -0.1) is 11.3 Å². The van der Waals surface area contributed by atoms with Gasteiger partial charge < -0.3 is 10.2 Å². The van der Waals surface area contributed by atoms with E-state index < -0.39 is 5.97 Å². The van der Waals surface area contributed by atoms with Crippen LogP contribution in [0.3, 0.4) is 0 Å². The number of aliphatic carboxylic acids is 1. The van der Waals surface area contributed by atoms with Gasteiger partial charge in [0.05, 0.1) is 11.1 Å². The van der Waals surface area contributed by atoms with Gasteiger partial charge >= 0.3 is 5.97 Å². The summed E-state index contributed by atoms with van der Waals surface area (Å²) in [6.07, 6.45) is 3.41. The summed E-state index contributed by atoms with van der Waals surface area (Å²) in [5.41, 5.74) is 2.24. The number of carbonyl (C=O) groups is 1. The number of thiophene rings is 1. The summed E-state index contributed by atoms with van der Waals surface area (Å²) in [6, 6.07) is 6.87. The molecule has 1 aromatic carbocycles. The lowest BCUT2D eigenvalue weighted by molar-refractivity contribution is -0.136. The first-order chi connectivity index (χ1) is 9.63. The summed E-state index contributed by atoms with van der Waals surface area (Å²) in [5.74, 6) is -0.862. The van der Waals surface area contributed by atoms with E-state index in [1.54, 1.807) is 35.9 Å². The van der Waals surface area contributed by atoms with Gasteiger partial charge in [0.15, 0.2) is 0 Å². The van der Waals surface area contributed by atoms with Crippen molar-refractivity contribution in [3.63, 3.8) is 0 Å². The number of hydrogen-bond donors (Lipinski definition) is 2. The first kappa shape index (κ1) is 12.6. The van der Waals surface area contributed by atoms with E-state index in [4.69, 9.17) is 5.11 Å². The standard InChI is InChI=1S/C15H11NO3S/c17-11-4-9(5-15(18)19)3-10(6-11)13-7-16-8-14-12(13)1-2-20-14/h1-4,6-8,17H,5H2,(H,18,19). The highest BCUT2D eigenvalue weighted by atomic mass is 32.1. The first-order valence-electron chi connectivity index (χ1n) is 6.00. The highest BCUT2D eigenvalue weighted by molar-refractivity contribution is 7.17. The van der Waals surface area contributed by atoms with Crippen LogP contribution in [0, 0.1) is 0 Å². The fourth-order valence-corrected chi connectivity index (χ4v) is 3.01. The van der Waals surface area contributed by atoms with Crippen LogP contribution in [-0.4, -0.2) is 21.2 Å². The van der Waals surface area contributed by atoms with Crippen LogP contribution < -0.4 is 0 Å². The number of nitrogens with zero attached hydrogens (tertiary/aromatic N) is 1. The number of benzene rings is 1. The second kappa shape index (κ2) is 4.94. The van der Waals surface area contributed by atoms with Crippen molar-refractivity contribution in [1.29, 1.82) is 0 Å². The number of aromatic hydroxyl groups is 1. The van der Waals surface area contributed by atoms with E-state index in [-0.39, 0.29) is 12.2 Å². The van der Waals surface area contributed by atoms with Crippen LogP contribution in [0.4, 0.5) is 0 Å². The Hall–Kier alpha value is -2.40. The van der Waals surface area contributed by atoms with Crippen molar-refractivity contribution in [2.24, 2.45) is 0 Å². The number of carboxylic acid groups (broad SMARTS) is 1. The Balaban J connectivity index is 2.16. The van der Waals surface area contributed by atoms with E-state index in [9.17, 15) is 9.90 Å². The fraction of sp³-hybridized carbons (Fsp3) is 0.0667. The minimum absolute atomic E-state index is 0.0611. The second-order valence-electron chi connectivity index (χ2n) is 4.48. The molecule has 2 heterocycles. The van der Waals surface area contributed by atoms with Crippen LogP contribution in [0.25, 0.3) is 21.2 Å². The van der Waals surface area contributed by atoms with Crippen LogP contribution >= 0.6 is 11.3 Å². The molecule has 0 spiro atoms. The van der Waals surface area contributed by atoms with Crippen molar-refractivity contribution in [3.8, 4) is 16.9 Å². The fourth-order valence-electron chi connectivity index (χ4n) is 2.23. The van der Waals surface area contributed by atoms with Crippen molar-refractivity contribution in [3.05, 3.63) is 47.6 Å². The topological polar surface area (TPSA) is 70.4 Å². The Morgan fingerprint density at radius 1 is 1.25 bits per heavy atom. The van der Waals surface area contributed by atoms with Gasteiger partial charge in [-0.3, -0.25) is 9.78 Å². The van der Waals surface area contributed by atoms with Gasteiger partial charge in [-0.05, 0) is 34.7 Å². The van der Waals surface area contributed by atoms with Gasteiger partial charge in [-0.25, -0.2) is 0 Å². The minimum Gasteiger partial charge on any atom is -0.508 e. The van der Waals surface area contributed by atoms with E-state index in [2.05, 4.69) is 4.98 Å². The zero-order valence-corrected chi connectivity index (χ0v) is 11.2. The summed E-state index contributed by atoms with van der Waals surface area (Å²) < 4.78 is 1.06. The van der Waals surface area contributed by atoms with Gasteiger partial charge in [0, 0.05) is 23.3 Å². The molecule has 3 aromatic rings. The lowest BCUT2D eigenvalue weighted by atomic mass is 10.0. The lowest BCUT2D eigenvalue weighted by Crippen LogP contribution is -2.00. The van der Waals surface area contributed by atoms with Crippen molar-refractivity contribution >= 4 is 27.4 Å². The van der Waals surface area contributed by atoms with E-state index in [1.165, 1.54) is 6.07 Å². The first-order valence-corrected chi connectivity index (χ1v) is 6.88. The number of phenolic OH excluding ortho intramolecular Hbond substituents is 1. The van der Waals surface area contributed by atoms with Gasteiger partial charge in [-0.1, -0.05) is 6.07 Å². The third-order valence-corrected chi connectivity index (χ3v) is 3.88. The number of carboxylic acids is 1. The maximum atomic E-state index is 10.8. The van der Waals surface area contributed by atoms with E-state index >= 15 is 0 Å². The number of fused-ring (bicyclic) bond motifs is 1. The molecule has 0 aliphatic rings. The highest BCUT2D eigenvalue weighted by Crippen LogP contribution is 2.33. The molecule has 0 atom stereocenters. The zero-order chi connectivity index (χ0) is 14.1. The molecule has 0 aliphatic heterocycles. The number of rotatable bonds is 3. The molecule has 3 rings (SSSR count). The smallest absolute Gasteiger partial charge is 0.307 e. The average molecular weight is 285 g/mol. The van der Waals surface area contributed by atoms with Crippen LogP contribution in [-0.2, 0) is 11.2 Å². The average Bonchev–Trinajstić information content (AvgIpc) is 2.84. The van der Waals surface area contributed by atoms with Crippen molar-refractivity contribution in [2.75, 3.05) is 0 Å². The SMILES string of the molecule is O=C(O)Cc1cc(O)cc(-c2cncc3sccc23)c1. The molecular formula is C15H11NO3S. The molecular weight excluding hydrogens is 274 g/mol. The number of pyridine rings is 1. The molecule has 0 saturated heterocycles. The molecule has 0 saturated carbocycles. The maximum Gasteiger partial charge on any atom is 0.307 e. The molecule has 2 N–H and O–H groups in total. The predicted molar refractivity (Wildman–Crippen MR) is 78.1 cm³/mol. The largest absolute Gasteiger partial charge is 0.508 e. The van der Waals surface area contributed by atoms with Gasteiger partial charge in [0.2, 0.25) is 0 Å².